The first-order valence-electron chi connectivity index (χ1n) is 8.26. The molecule has 6 nitrogen and oxygen atoms in total. The quantitative estimate of drug-likeness (QED) is 0.887. The predicted octanol–water partition coefficient (Wildman–Crippen LogP) is 2.80. The van der Waals surface area contributed by atoms with Gasteiger partial charge in [0.15, 0.2) is 0 Å². The van der Waals surface area contributed by atoms with Gasteiger partial charge >= 0.3 is 0 Å². The number of carbonyl (C=O) groups is 1. The fraction of sp³-hybridized carbons (Fsp3) is 0.588. The molecule has 0 radical (unpaired) electrons. The highest BCUT2D eigenvalue weighted by Gasteiger charge is 2.25. The van der Waals surface area contributed by atoms with Gasteiger partial charge in [-0.25, -0.2) is 4.98 Å². The molecule has 1 aliphatic heterocycles. The first-order valence-corrected chi connectivity index (χ1v) is 8.26. The number of fused-ring (bicyclic) bond motifs is 1. The average Bonchev–Trinajstić information content (AvgIpc) is 2.90. The Balaban J connectivity index is 0.00000208. The Bertz CT molecular complexity index is 729. The largest absolute Gasteiger partial charge is 0.348 e. The molecule has 2 unspecified atom stereocenters. The van der Waals surface area contributed by atoms with Gasteiger partial charge in [0.1, 0.15) is 0 Å². The van der Waals surface area contributed by atoms with E-state index in [1.807, 2.05) is 26.8 Å². The van der Waals surface area contributed by atoms with Gasteiger partial charge in [-0.3, -0.25) is 4.79 Å². The molecule has 1 saturated heterocycles. The number of pyridine rings is 1. The van der Waals surface area contributed by atoms with E-state index < -0.39 is 0 Å². The zero-order chi connectivity index (χ0) is 16.6. The Morgan fingerprint density at radius 3 is 2.88 bits per heavy atom. The van der Waals surface area contributed by atoms with E-state index in [1.165, 1.54) is 0 Å². The molecule has 3 rings (SSSR count). The van der Waals surface area contributed by atoms with Crippen LogP contribution in [0, 0.1) is 12.8 Å². The van der Waals surface area contributed by atoms with Crippen molar-refractivity contribution in [3.8, 4) is 0 Å². The van der Waals surface area contributed by atoms with Crippen LogP contribution >= 0.6 is 12.4 Å². The number of aromatic nitrogens is 2. The van der Waals surface area contributed by atoms with E-state index in [-0.39, 0.29) is 30.3 Å². The summed E-state index contributed by atoms with van der Waals surface area (Å²) in [6.07, 6.45) is 1.07. The molecule has 2 N–H and O–H groups in total. The van der Waals surface area contributed by atoms with Crippen LogP contribution in [0.25, 0.3) is 11.1 Å². The highest BCUT2D eigenvalue weighted by atomic mass is 35.5. The third-order valence-corrected chi connectivity index (χ3v) is 4.62. The van der Waals surface area contributed by atoms with Crippen molar-refractivity contribution in [2.24, 2.45) is 5.92 Å². The van der Waals surface area contributed by atoms with E-state index >= 15 is 0 Å². The summed E-state index contributed by atoms with van der Waals surface area (Å²) in [5.41, 5.74) is 2.58. The highest BCUT2D eigenvalue weighted by Crippen LogP contribution is 2.25. The van der Waals surface area contributed by atoms with Crippen molar-refractivity contribution in [2.45, 2.75) is 46.1 Å². The van der Waals surface area contributed by atoms with Crippen LogP contribution in [0.2, 0.25) is 0 Å². The van der Waals surface area contributed by atoms with Gasteiger partial charge in [-0.2, -0.15) is 0 Å². The van der Waals surface area contributed by atoms with E-state index in [1.54, 1.807) is 0 Å². The second-order valence-corrected chi connectivity index (χ2v) is 6.75. The zero-order valence-corrected chi connectivity index (χ0v) is 15.4. The molecule has 0 bridgehead atoms. The molecule has 0 spiro atoms. The topological polar surface area (TPSA) is 80.0 Å². The number of nitrogens with zero attached hydrogens (tertiary/aromatic N) is 2. The smallest absolute Gasteiger partial charge is 0.259 e. The Kier molecular flexibility index (Phi) is 5.83. The number of hydrogen-bond acceptors (Lipinski definition) is 5. The van der Waals surface area contributed by atoms with Crippen LogP contribution in [0.15, 0.2) is 10.6 Å². The van der Waals surface area contributed by atoms with Crippen molar-refractivity contribution < 1.29 is 9.32 Å². The molecule has 1 fully saturated rings. The van der Waals surface area contributed by atoms with Crippen molar-refractivity contribution in [2.75, 3.05) is 13.1 Å². The van der Waals surface area contributed by atoms with E-state index in [0.29, 0.717) is 28.3 Å². The number of piperidine rings is 1. The Morgan fingerprint density at radius 1 is 1.46 bits per heavy atom. The normalized spacial score (nSPS) is 20.9. The number of aryl methyl sites for hydroxylation is 1. The summed E-state index contributed by atoms with van der Waals surface area (Å²) in [6, 6.07) is 2.01. The SMILES string of the molecule is Cc1noc2nc(C(C)C)cc(C(=O)NC3CNCCC3C)c12.Cl. The van der Waals surface area contributed by atoms with Crippen LogP contribution in [0.4, 0.5) is 0 Å². The molecular weight excluding hydrogens is 328 g/mol. The van der Waals surface area contributed by atoms with Crippen molar-refractivity contribution in [1.29, 1.82) is 0 Å². The maximum absolute atomic E-state index is 12.9. The van der Waals surface area contributed by atoms with Crippen LogP contribution in [-0.2, 0) is 0 Å². The van der Waals surface area contributed by atoms with E-state index in [2.05, 4.69) is 27.7 Å². The number of carbonyl (C=O) groups excluding carboxylic acids is 1. The number of rotatable bonds is 3. The fourth-order valence-corrected chi connectivity index (χ4v) is 3.02. The summed E-state index contributed by atoms with van der Waals surface area (Å²) < 4.78 is 5.29. The second-order valence-electron chi connectivity index (χ2n) is 6.75. The molecule has 0 saturated carbocycles. The second kappa shape index (κ2) is 7.49. The molecule has 2 aromatic heterocycles. The third-order valence-electron chi connectivity index (χ3n) is 4.62. The van der Waals surface area contributed by atoms with Gasteiger partial charge in [0.25, 0.3) is 11.6 Å². The molecule has 1 aliphatic rings. The van der Waals surface area contributed by atoms with Gasteiger partial charge in [-0.05, 0) is 37.8 Å². The molecular formula is C17H25ClN4O2. The van der Waals surface area contributed by atoms with Crippen LogP contribution < -0.4 is 10.6 Å². The number of nitrogens with one attached hydrogen (secondary N) is 2. The minimum Gasteiger partial charge on any atom is -0.348 e. The summed E-state index contributed by atoms with van der Waals surface area (Å²) in [4.78, 5) is 17.3. The first-order chi connectivity index (χ1) is 11.0. The predicted molar refractivity (Wildman–Crippen MR) is 95.8 cm³/mol. The lowest BCUT2D eigenvalue weighted by Crippen LogP contribution is -2.50. The molecule has 1 amide bonds. The van der Waals surface area contributed by atoms with Crippen molar-refractivity contribution >= 4 is 29.4 Å². The Hall–Kier alpha value is -1.66. The number of amides is 1. The fourth-order valence-electron chi connectivity index (χ4n) is 3.02. The van der Waals surface area contributed by atoms with Crippen molar-refractivity contribution in [3.63, 3.8) is 0 Å². The molecule has 2 aromatic rings. The van der Waals surface area contributed by atoms with Crippen LogP contribution in [0.5, 0.6) is 0 Å². The van der Waals surface area contributed by atoms with Crippen LogP contribution in [0.3, 0.4) is 0 Å². The maximum Gasteiger partial charge on any atom is 0.259 e. The summed E-state index contributed by atoms with van der Waals surface area (Å²) >= 11 is 0. The van der Waals surface area contributed by atoms with Crippen LogP contribution in [-0.4, -0.2) is 35.2 Å². The lowest BCUT2D eigenvalue weighted by Gasteiger charge is -2.30. The average molecular weight is 353 g/mol. The monoisotopic (exact) mass is 352 g/mol. The molecule has 7 heteroatoms. The summed E-state index contributed by atoms with van der Waals surface area (Å²) in [6.45, 7) is 9.93. The molecule has 2 atom stereocenters. The van der Waals surface area contributed by atoms with Crippen molar-refractivity contribution in [3.05, 3.63) is 23.0 Å². The summed E-state index contributed by atoms with van der Waals surface area (Å²) in [7, 11) is 0. The lowest BCUT2D eigenvalue weighted by atomic mass is 9.94. The van der Waals surface area contributed by atoms with Crippen molar-refractivity contribution in [1.82, 2.24) is 20.8 Å². The van der Waals surface area contributed by atoms with Gasteiger partial charge < -0.3 is 15.2 Å². The Morgan fingerprint density at radius 2 is 2.21 bits per heavy atom. The summed E-state index contributed by atoms with van der Waals surface area (Å²) in [5.74, 6) is 0.600. The highest BCUT2D eigenvalue weighted by molar-refractivity contribution is 6.06. The van der Waals surface area contributed by atoms with E-state index in [9.17, 15) is 4.79 Å². The van der Waals surface area contributed by atoms with E-state index in [4.69, 9.17) is 4.52 Å². The zero-order valence-electron chi connectivity index (χ0n) is 14.5. The van der Waals surface area contributed by atoms with Crippen LogP contribution in [0.1, 0.15) is 54.9 Å². The minimum atomic E-state index is -0.0776. The third kappa shape index (κ3) is 3.54. The van der Waals surface area contributed by atoms with Gasteiger partial charge in [0.2, 0.25) is 0 Å². The molecule has 0 aromatic carbocycles. The lowest BCUT2D eigenvalue weighted by molar-refractivity contribution is 0.0916. The molecule has 24 heavy (non-hydrogen) atoms. The van der Waals surface area contributed by atoms with Gasteiger partial charge in [0.05, 0.1) is 16.6 Å². The molecule has 0 aliphatic carbocycles. The van der Waals surface area contributed by atoms with Gasteiger partial charge in [-0.15, -0.1) is 12.4 Å². The summed E-state index contributed by atoms with van der Waals surface area (Å²) in [5, 5.41) is 11.2. The van der Waals surface area contributed by atoms with E-state index in [0.717, 1.165) is 25.2 Å². The number of hydrogen-bond donors (Lipinski definition) is 2. The molecule has 3 heterocycles. The Labute approximate surface area is 148 Å². The number of halogens is 1. The van der Waals surface area contributed by atoms with Gasteiger partial charge in [0, 0.05) is 18.3 Å². The maximum atomic E-state index is 12.9. The first kappa shape index (κ1) is 18.7. The standard InChI is InChI=1S/C17H24N4O2.ClH/c1-9(2)13-7-12(15-11(4)21-23-17(15)20-13)16(22)19-14-8-18-6-5-10(14)3;/h7,9-10,14,18H,5-6,8H2,1-4H3,(H,19,22);1H. The minimum absolute atomic E-state index is 0. The molecule has 132 valence electrons. The van der Waals surface area contributed by atoms with Gasteiger partial charge in [-0.1, -0.05) is 25.9 Å².